The molecule has 1 rings (SSSR count). The fourth-order valence-electron chi connectivity index (χ4n) is 1.45. The molecule has 0 aromatic heterocycles. The lowest BCUT2D eigenvalue weighted by Crippen LogP contribution is -2.48. The largest absolute Gasteiger partial charge is 0.480 e. The molecule has 0 fully saturated rings. The Morgan fingerprint density at radius 3 is 2.61 bits per heavy atom. The molecule has 0 saturated heterocycles. The molecule has 5 nitrogen and oxygen atoms in total. The molecular weight excluding hydrogens is 302 g/mol. The third-order valence-electron chi connectivity index (χ3n) is 2.32. The standard InChI is InChI=1S/C12H14BrNO4/c1-7(15)11(12(17)18)14-10(16)6-8-3-2-4-9(13)5-8/h2-5,7,11,15H,6H2,1H3,(H,14,16)(H,17,18)/t7-,11+/m1/s1. The van der Waals surface area contributed by atoms with E-state index in [0.29, 0.717) is 0 Å². The summed E-state index contributed by atoms with van der Waals surface area (Å²) in [6.07, 6.45) is -1.08. The first-order valence-corrected chi connectivity index (χ1v) is 6.14. The summed E-state index contributed by atoms with van der Waals surface area (Å²) in [6.45, 7) is 1.32. The minimum Gasteiger partial charge on any atom is -0.480 e. The third kappa shape index (κ3) is 4.46. The van der Waals surface area contributed by atoms with Crippen LogP contribution in [0, 0.1) is 0 Å². The zero-order valence-electron chi connectivity index (χ0n) is 9.76. The third-order valence-corrected chi connectivity index (χ3v) is 2.81. The Bertz CT molecular complexity index is 447. The Morgan fingerprint density at radius 2 is 2.11 bits per heavy atom. The van der Waals surface area contributed by atoms with Crippen molar-refractivity contribution >= 4 is 27.8 Å². The van der Waals surface area contributed by atoms with Crippen LogP contribution in [0.4, 0.5) is 0 Å². The molecule has 1 aromatic rings. The van der Waals surface area contributed by atoms with Crippen LogP contribution in [0.15, 0.2) is 28.7 Å². The second kappa shape index (κ2) is 6.51. The topological polar surface area (TPSA) is 86.6 Å². The molecular formula is C12H14BrNO4. The van der Waals surface area contributed by atoms with E-state index in [1.54, 1.807) is 18.2 Å². The van der Waals surface area contributed by atoms with E-state index in [9.17, 15) is 14.7 Å². The number of carbonyl (C=O) groups excluding carboxylic acids is 1. The lowest BCUT2D eigenvalue weighted by Gasteiger charge is -2.17. The number of hydrogen-bond donors (Lipinski definition) is 3. The SMILES string of the molecule is C[C@@H](O)[C@H](NC(=O)Cc1cccc(Br)c1)C(=O)O. The normalized spacial score (nSPS) is 13.7. The lowest BCUT2D eigenvalue weighted by atomic mass is 10.1. The number of aliphatic hydroxyl groups excluding tert-OH is 1. The molecule has 98 valence electrons. The van der Waals surface area contributed by atoms with E-state index in [-0.39, 0.29) is 6.42 Å². The average Bonchev–Trinajstić information content (AvgIpc) is 2.25. The van der Waals surface area contributed by atoms with Crippen molar-refractivity contribution in [1.29, 1.82) is 0 Å². The van der Waals surface area contributed by atoms with Gasteiger partial charge in [-0.15, -0.1) is 0 Å². The first kappa shape index (κ1) is 14.7. The van der Waals surface area contributed by atoms with E-state index in [2.05, 4.69) is 21.2 Å². The summed E-state index contributed by atoms with van der Waals surface area (Å²) in [5, 5.41) is 20.3. The van der Waals surface area contributed by atoms with Crippen LogP contribution in [-0.4, -0.2) is 34.2 Å². The van der Waals surface area contributed by atoms with Gasteiger partial charge in [-0.25, -0.2) is 4.79 Å². The molecule has 0 unspecified atom stereocenters. The summed E-state index contributed by atoms with van der Waals surface area (Å²) >= 11 is 3.28. The van der Waals surface area contributed by atoms with Gasteiger partial charge >= 0.3 is 5.97 Å². The number of carbonyl (C=O) groups is 2. The molecule has 1 amide bonds. The van der Waals surface area contributed by atoms with Crippen LogP contribution >= 0.6 is 15.9 Å². The summed E-state index contributed by atoms with van der Waals surface area (Å²) in [6, 6.07) is 5.87. The Morgan fingerprint density at radius 1 is 1.44 bits per heavy atom. The van der Waals surface area contributed by atoms with Gasteiger partial charge in [0.1, 0.15) is 0 Å². The first-order chi connectivity index (χ1) is 8.40. The van der Waals surface area contributed by atoms with Gasteiger partial charge in [0.2, 0.25) is 5.91 Å². The monoisotopic (exact) mass is 315 g/mol. The van der Waals surface area contributed by atoms with Gasteiger partial charge in [-0.05, 0) is 24.6 Å². The molecule has 0 spiro atoms. The number of nitrogens with one attached hydrogen (secondary N) is 1. The van der Waals surface area contributed by atoms with Crippen LogP contribution in [-0.2, 0) is 16.0 Å². The zero-order valence-corrected chi connectivity index (χ0v) is 11.3. The number of carboxylic acid groups (broad SMARTS) is 1. The van der Waals surface area contributed by atoms with Crippen LogP contribution < -0.4 is 5.32 Å². The van der Waals surface area contributed by atoms with Gasteiger partial charge in [0.05, 0.1) is 12.5 Å². The predicted molar refractivity (Wildman–Crippen MR) is 69.1 cm³/mol. The highest BCUT2D eigenvalue weighted by Gasteiger charge is 2.24. The summed E-state index contributed by atoms with van der Waals surface area (Å²) < 4.78 is 0.845. The Hall–Kier alpha value is -1.40. The first-order valence-electron chi connectivity index (χ1n) is 5.35. The van der Waals surface area contributed by atoms with E-state index in [4.69, 9.17) is 5.11 Å². The van der Waals surface area contributed by atoms with Crippen LogP contribution in [0.1, 0.15) is 12.5 Å². The van der Waals surface area contributed by atoms with Crippen LogP contribution in [0.2, 0.25) is 0 Å². The number of halogens is 1. The molecule has 0 aliphatic rings. The van der Waals surface area contributed by atoms with Crippen molar-refractivity contribution in [2.75, 3.05) is 0 Å². The summed E-state index contributed by atoms with van der Waals surface area (Å²) in [7, 11) is 0. The van der Waals surface area contributed by atoms with Gasteiger partial charge in [-0.1, -0.05) is 28.1 Å². The quantitative estimate of drug-likeness (QED) is 0.755. The van der Waals surface area contributed by atoms with Crippen LogP contribution in [0.3, 0.4) is 0 Å². The van der Waals surface area contributed by atoms with Crippen molar-refractivity contribution in [2.45, 2.75) is 25.5 Å². The molecule has 6 heteroatoms. The molecule has 3 N–H and O–H groups in total. The number of aliphatic carboxylic acids is 1. The number of rotatable bonds is 5. The highest BCUT2D eigenvalue weighted by molar-refractivity contribution is 9.10. The van der Waals surface area contributed by atoms with E-state index < -0.39 is 24.0 Å². The molecule has 0 bridgehead atoms. The summed E-state index contributed by atoms with van der Waals surface area (Å²) in [5.74, 6) is -1.70. The highest BCUT2D eigenvalue weighted by Crippen LogP contribution is 2.12. The molecule has 0 heterocycles. The van der Waals surface area contributed by atoms with Gasteiger partial charge in [0.25, 0.3) is 0 Å². The molecule has 1 aromatic carbocycles. The maximum absolute atomic E-state index is 11.6. The van der Waals surface area contributed by atoms with Gasteiger partial charge in [0, 0.05) is 4.47 Å². The molecule has 0 aliphatic heterocycles. The number of hydrogen-bond acceptors (Lipinski definition) is 3. The van der Waals surface area contributed by atoms with Crippen molar-refractivity contribution in [2.24, 2.45) is 0 Å². The van der Waals surface area contributed by atoms with Gasteiger partial charge in [0.15, 0.2) is 6.04 Å². The molecule has 18 heavy (non-hydrogen) atoms. The van der Waals surface area contributed by atoms with E-state index >= 15 is 0 Å². The lowest BCUT2D eigenvalue weighted by molar-refractivity contribution is -0.144. The fraction of sp³-hybridized carbons (Fsp3) is 0.333. The maximum Gasteiger partial charge on any atom is 0.328 e. The molecule has 0 radical (unpaired) electrons. The van der Waals surface area contributed by atoms with E-state index in [1.807, 2.05) is 6.07 Å². The number of aliphatic hydroxyl groups is 1. The molecule has 0 aliphatic carbocycles. The van der Waals surface area contributed by atoms with E-state index in [0.717, 1.165) is 10.0 Å². The Balaban J connectivity index is 2.63. The second-order valence-electron chi connectivity index (χ2n) is 3.93. The molecule has 2 atom stereocenters. The predicted octanol–water partition coefficient (Wildman–Crippen LogP) is 0.942. The van der Waals surface area contributed by atoms with Crippen LogP contribution in [0.25, 0.3) is 0 Å². The maximum atomic E-state index is 11.6. The minimum atomic E-state index is -1.29. The van der Waals surface area contributed by atoms with Gasteiger partial charge < -0.3 is 15.5 Å². The van der Waals surface area contributed by atoms with E-state index in [1.165, 1.54) is 6.92 Å². The average molecular weight is 316 g/mol. The van der Waals surface area contributed by atoms with Crippen LogP contribution in [0.5, 0.6) is 0 Å². The highest BCUT2D eigenvalue weighted by atomic mass is 79.9. The van der Waals surface area contributed by atoms with Gasteiger partial charge in [-0.2, -0.15) is 0 Å². The fourth-order valence-corrected chi connectivity index (χ4v) is 1.89. The Kier molecular flexibility index (Phi) is 5.30. The van der Waals surface area contributed by atoms with Crippen molar-refractivity contribution in [3.8, 4) is 0 Å². The summed E-state index contributed by atoms with van der Waals surface area (Å²) in [4.78, 5) is 22.4. The smallest absolute Gasteiger partial charge is 0.328 e. The Labute approximate surface area is 113 Å². The van der Waals surface area contributed by atoms with Crippen molar-refractivity contribution in [3.63, 3.8) is 0 Å². The van der Waals surface area contributed by atoms with Gasteiger partial charge in [-0.3, -0.25) is 4.79 Å². The molecule has 0 saturated carbocycles. The van der Waals surface area contributed by atoms with Crippen molar-refractivity contribution < 1.29 is 19.8 Å². The number of carboxylic acids is 1. The summed E-state index contributed by atoms with van der Waals surface area (Å²) in [5.41, 5.74) is 0.761. The second-order valence-corrected chi connectivity index (χ2v) is 4.85. The number of benzene rings is 1. The zero-order chi connectivity index (χ0) is 13.7. The van der Waals surface area contributed by atoms with Crippen molar-refractivity contribution in [1.82, 2.24) is 5.32 Å². The minimum absolute atomic E-state index is 0.0654. The number of amides is 1. The van der Waals surface area contributed by atoms with Crippen molar-refractivity contribution in [3.05, 3.63) is 34.3 Å².